The Morgan fingerprint density at radius 2 is 1.97 bits per heavy atom. The second-order valence-corrected chi connectivity index (χ2v) is 9.11. The van der Waals surface area contributed by atoms with E-state index in [1.165, 1.54) is 4.57 Å². The van der Waals surface area contributed by atoms with Gasteiger partial charge in [-0.3, -0.25) is 13.9 Å². The zero-order valence-electron chi connectivity index (χ0n) is 19.8. The predicted octanol–water partition coefficient (Wildman–Crippen LogP) is 2.30. The Balaban J connectivity index is 1.90. The Morgan fingerprint density at radius 1 is 1.24 bits per heavy atom. The van der Waals surface area contributed by atoms with E-state index in [2.05, 4.69) is 10.1 Å². The second-order valence-electron chi connectivity index (χ2n) is 9.11. The Kier molecular flexibility index (Phi) is 6.78. The smallest absolute Gasteiger partial charge is 0.332 e. The third-order valence-corrected chi connectivity index (χ3v) is 6.30. The van der Waals surface area contributed by atoms with E-state index in [1.54, 1.807) is 31.3 Å². The van der Waals surface area contributed by atoms with Gasteiger partial charge >= 0.3 is 5.69 Å². The summed E-state index contributed by atoms with van der Waals surface area (Å²) < 4.78 is 4.31. The van der Waals surface area contributed by atoms with E-state index in [-0.39, 0.29) is 12.6 Å². The monoisotopic (exact) mass is 465 g/mol. The first kappa shape index (κ1) is 23.6. The molecule has 34 heavy (non-hydrogen) atoms. The molecule has 1 aromatic carbocycles. The average Bonchev–Trinajstić information content (AvgIpc) is 3.22. The SMILES string of the molecule is CC(C)=CCn1c(N2CCCC(N)C2)nc2c1c(=O)n(CC(N=O)c1ccccc1)c(=O)n2C. The van der Waals surface area contributed by atoms with Gasteiger partial charge in [-0.25, -0.2) is 4.79 Å². The van der Waals surface area contributed by atoms with E-state index in [0.29, 0.717) is 35.8 Å². The maximum Gasteiger partial charge on any atom is 0.332 e. The number of fused-ring (bicyclic) bond motifs is 1. The Hall–Kier alpha value is -3.53. The first-order chi connectivity index (χ1) is 16.3. The number of nitrogens with zero attached hydrogens (tertiary/aromatic N) is 6. The van der Waals surface area contributed by atoms with Crippen LogP contribution in [0, 0.1) is 4.91 Å². The van der Waals surface area contributed by atoms with Crippen molar-refractivity contribution in [1.82, 2.24) is 18.7 Å². The van der Waals surface area contributed by atoms with Gasteiger partial charge in [-0.2, -0.15) is 9.89 Å². The molecule has 3 heterocycles. The molecule has 180 valence electrons. The summed E-state index contributed by atoms with van der Waals surface area (Å²) >= 11 is 0. The lowest BCUT2D eigenvalue weighted by atomic mass is 10.1. The van der Waals surface area contributed by atoms with Gasteiger partial charge in [0.15, 0.2) is 11.2 Å². The summed E-state index contributed by atoms with van der Waals surface area (Å²) in [7, 11) is 1.59. The van der Waals surface area contributed by atoms with Gasteiger partial charge in [0, 0.05) is 32.7 Å². The lowest BCUT2D eigenvalue weighted by Crippen LogP contribution is -2.44. The summed E-state index contributed by atoms with van der Waals surface area (Å²) in [6.07, 6.45) is 3.89. The van der Waals surface area contributed by atoms with Crippen LogP contribution in [0.3, 0.4) is 0 Å². The zero-order valence-corrected chi connectivity index (χ0v) is 19.8. The molecule has 0 amide bonds. The number of allylic oxidation sites excluding steroid dienone is 2. The quantitative estimate of drug-likeness (QED) is 0.422. The van der Waals surface area contributed by atoms with E-state index in [1.807, 2.05) is 30.6 Å². The zero-order chi connectivity index (χ0) is 24.4. The highest BCUT2D eigenvalue weighted by Crippen LogP contribution is 2.24. The Labute approximate surface area is 197 Å². The molecule has 2 unspecified atom stereocenters. The minimum absolute atomic E-state index is 0.0243. The fourth-order valence-corrected chi connectivity index (χ4v) is 4.45. The molecule has 1 fully saturated rings. The van der Waals surface area contributed by atoms with Gasteiger partial charge in [0.1, 0.15) is 6.04 Å². The molecule has 2 aromatic heterocycles. The van der Waals surface area contributed by atoms with Gasteiger partial charge in [-0.05, 0) is 32.3 Å². The molecule has 1 aliphatic heterocycles. The van der Waals surface area contributed by atoms with Gasteiger partial charge in [0.25, 0.3) is 5.56 Å². The van der Waals surface area contributed by atoms with Crippen LogP contribution in [0.5, 0.6) is 0 Å². The number of piperidine rings is 1. The number of rotatable bonds is 7. The van der Waals surface area contributed by atoms with Crippen molar-refractivity contribution in [2.24, 2.45) is 18.0 Å². The Bertz CT molecular complexity index is 1330. The molecule has 3 aromatic rings. The van der Waals surface area contributed by atoms with Crippen molar-refractivity contribution in [3.05, 3.63) is 73.3 Å². The third-order valence-electron chi connectivity index (χ3n) is 6.30. The van der Waals surface area contributed by atoms with Crippen LogP contribution in [0.4, 0.5) is 5.95 Å². The van der Waals surface area contributed by atoms with Crippen LogP contribution in [0.1, 0.15) is 38.3 Å². The van der Waals surface area contributed by atoms with Crippen molar-refractivity contribution in [2.45, 2.75) is 51.9 Å². The number of aryl methyl sites for hydroxylation is 1. The fraction of sp³-hybridized carbons (Fsp3) is 0.458. The maximum atomic E-state index is 13.7. The number of imidazole rings is 1. The van der Waals surface area contributed by atoms with E-state index in [9.17, 15) is 14.5 Å². The van der Waals surface area contributed by atoms with E-state index in [0.717, 1.165) is 29.5 Å². The summed E-state index contributed by atoms with van der Waals surface area (Å²) in [5.74, 6) is 0.626. The molecule has 0 saturated carbocycles. The average molecular weight is 466 g/mol. The lowest BCUT2D eigenvalue weighted by Gasteiger charge is -2.31. The number of anilines is 1. The van der Waals surface area contributed by atoms with Crippen molar-refractivity contribution in [3.63, 3.8) is 0 Å². The van der Waals surface area contributed by atoms with E-state index < -0.39 is 17.3 Å². The van der Waals surface area contributed by atoms with Crippen LogP contribution in [0.25, 0.3) is 11.2 Å². The molecular weight excluding hydrogens is 434 g/mol. The maximum absolute atomic E-state index is 13.7. The molecule has 10 nitrogen and oxygen atoms in total. The van der Waals surface area contributed by atoms with Crippen LogP contribution >= 0.6 is 0 Å². The van der Waals surface area contributed by atoms with Gasteiger partial charge in [-0.1, -0.05) is 47.2 Å². The van der Waals surface area contributed by atoms with Gasteiger partial charge < -0.3 is 15.2 Å². The molecule has 10 heteroatoms. The van der Waals surface area contributed by atoms with Crippen LogP contribution in [-0.2, 0) is 20.1 Å². The number of benzene rings is 1. The molecule has 0 radical (unpaired) electrons. The Morgan fingerprint density at radius 3 is 2.62 bits per heavy atom. The lowest BCUT2D eigenvalue weighted by molar-refractivity contribution is 0.495. The molecule has 0 aliphatic carbocycles. The van der Waals surface area contributed by atoms with Crippen molar-refractivity contribution in [2.75, 3.05) is 18.0 Å². The largest absolute Gasteiger partial charge is 0.341 e. The fourth-order valence-electron chi connectivity index (χ4n) is 4.45. The predicted molar refractivity (Wildman–Crippen MR) is 133 cm³/mol. The highest BCUT2D eigenvalue weighted by atomic mass is 16.3. The highest BCUT2D eigenvalue weighted by molar-refractivity contribution is 5.74. The van der Waals surface area contributed by atoms with Gasteiger partial charge in [0.05, 0.1) is 6.54 Å². The minimum atomic E-state index is -0.863. The second kappa shape index (κ2) is 9.76. The first-order valence-electron chi connectivity index (χ1n) is 11.5. The van der Waals surface area contributed by atoms with Gasteiger partial charge in [-0.15, -0.1) is 0 Å². The molecule has 1 aliphatic rings. The number of hydrogen-bond donors (Lipinski definition) is 1. The number of hydrogen-bond acceptors (Lipinski definition) is 7. The molecule has 2 N–H and O–H groups in total. The molecule has 1 saturated heterocycles. The summed E-state index contributed by atoms with van der Waals surface area (Å²) in [4.78, 5) is 45.4. The van der Waals surface area contributed by atoms with Crippen LogP contribution < -0.4 is 21.9 Å². The van der Waals surface area contributed by atoms with Crippen LogP contribution in [0.15, 0.2) is 56.7 Å². The van der Waals surface area contributed by atoms with Crippen LogP contribution in [0.2, 0.25) is 0 Å². The molecule has 0 spiro atoms. The molecular formula is C24H31N7O3. The van der Waals surface area contributed by atoms with Crippen molar-refractivity contribution >= 4 is 17.1 Å². The number of nitrogens with two attached hydrogens (primary N) is 1. The van der Waals surface area contributed by atoms with Crippen molar-refractivity contribution < 1.29 is 0 Å². The molecule has 4 rings (SSSR count). The number of nitroso groups, excluding NO2 is 1. The highest BCUT2D eigenvalue weighted by Gasteiger charge is 2.27. The molecule has 0 bridgehead atoms. The number of aromatic nitrogens is 4. The van der Waals surface area contributed by atoms with E-state index in [4.69, 9.17) is 10.7 Å². The van der Waals surface area contributed by atoms with Crippen LogP contribution in [-0.4, -0.2) is 37.8 Å². The van der Waals surface area contributed by atoms with Crippen molar-refractivity contribution in [1.29, 1.82) is 0 Å². The first-order valence-corrected chi connectivity index (χ1v) is 11.5. The summed E-state index contributed by atoms with van der Waals surface area (Å²) in [5, 5.41) is 3.20. The minimum Gasteiger partial charge on any atom is -0.341 e. The summed E-state index contributed by atoms with van der Waals surface area (Å²) in [5.41, 5.74) is 7.59. The normalized spacial score (nSPS) is 17.1. The third kappa shape index (κ3) is 4.45. The van der Waals surface area contributed by atoms with E-state index >= 15 is 0 Å². The van der Waals surface area contributed by atoms with Crippen molar-refractivity contribution in [3.8, 4) is 0 Å². The summed E-state index contributed by atoms with van der Waals surface area (Å²) in [6.45, 7) is 5.67. The summed E-state index contributed by atoms with van der Waals surface area (Å²) in [6, 6.07) is 8.10. The molecule has 2 atom stereocenters. The topological polar surface area (TPSA) is 121 Å². The standard InChI is InChI=1S/C24H31N7O3/c1-16(2)11-13-30-20-21(26-23(30)29-12-7-10-18(25)14-29)28(3)24(33)31(22(20)32)15-19(27-34)17-8-5-4-6-9-17/h4-6,8-9,11,18-19H,7,10,12-15,25H2,1-3H3. The van der Waals surface area contributed by atoms with Gasteiger partial charge in [0.2, 0.25) is 5.95 Å².